The van der Waals surface area contributed by atoms with Gasteiger partial charge in [0.25, 0.3) is 5.91 Å². The molecule has 4 rings (SSSR count). The molecular weight excluding hydrogens is 455 g/mol. The molecule has 2 heterocycles. The number of fused-ring (bicyclic) bond motifs is 1. The van der Waals surface area contributed by atoms with Crippen molar-refractivity contribution in [3.8, 4) is 0 Å². The summed E-state index contributed by atoms with van der Waals surface area (Å²) in [6, 6.07) is 13.4. The summed E-state index contributed by atoms with van der Waals surface area (Å²) in [5.74, 6) is -0.157. The summed E-state index contributed by atoms with van der Waals surface area (Å²) in [7, 11) is 3.49. The molecule has 0 saturated carbocycles. The Morgan fingerprint density at radius 2 is 1.63 bits per heavy atom. The van der Waals surface area contributed by atoms with Crippen molar-refractivity contribution in [2.24, 2.45) is 19.2 Å². The number of aromatic nitrogens is 2. The van der Waals surface area contributed by atoms with Gasteiger partial charge in [-0.2, -0.15) is 10.1 Å². The molecule has 1 amide bonds. The highest BCUT2D eigenvalue weighted by Gasteiger charge is 2.28. The molecule has 136 valence electrons. The van der Waals surface area contributed by atoms with Gasteiger partial charge in [-0.15, -0.1) is 0 Å². The number of aryl methyl sites for hydroxylation is 2. The summed E-state index contributed by atoms with van der Waals surface area (Å²) in [4.78, 5) is 25.0. The van der Waals surface area contributed by atoms with E-state index in [0.717, 1.165) is 25.9 Å². The van der Waals surface area contributed by atoms with Crippen LogP contribution in [0.5, 0.6) is 0 Å². The fourth-order valence-electron chi connectivity index (χ4n) is 3.22. The van der Waals surface area contributed by atoms with Crippen LogP contribution in [-0.2, 0) is 18.9 Å². The first-order valence-corrected chi connectivity index (χ1v) is 9.47. The summed E-state index contributed by atoms with van der Waals surface area (Å²) in [5.41, 5.74) is 4.42. The molecule has 0 saturated heterocycles. The van der Waals surface area contributed by atoms with Gasteiger partial charge in [0.1, 0.15) is 0 Å². The minimum atomic E-state index is -0.157. The van der Waals surface area contributed by atoms with E-state index >= 15 is 0 Å². The number of amides is 1. The van der Waals surface area contributed by atoms with Crippen molar-refractivity contribution in [3.63, 3.8) is 0 Å². The molecule has 0 N–H and O–H groups in total. The van der Waals surface area contributed by atoms with Gasteiger partial charge in [-0.05, 0) is 77.6 Å². The van der Waals surface area contributed by atoms with Crippen LogP contribution in [0.1, 0.15) is 12.5 Å². The first-order chi connectivity index (χ1) is 12.9. The molecule has 27 heavy (non-hydrogen) atoms. The van der Waals surface area contributed by atoms with E-state index in [2.05, 4.69) is 27.7 Å². The summed E-state index contributed by atoms with van der Waals surface area (Å²) >= 11 is 2.22. The lowest BCUT2D eigenvalue weighted by molar-refractivity contribution is -0.114. The quantitative estimate of drug-likeness (QED) is 0.425. The molecule has 0 spiro atoms. The second kappa shape index (κ2) is 6.49. The van der Waals surface area contributed by atoms with Gasteiger partial charge >= 0.3 is 5.69 Å². The van der Waals surface area contributed by atoms with E-state index in [-0.39, 0.29) is 11.6 Å². The molecule has 2 aromatic carbocycles. The van der Waals surface area contributed by atoms with Crippen molar-refractivity contribution >= 4 is 57.0 Å². The normalized spacial score (nSPS) is 15.9. The molecule has 0 unspecified atom stereocenters. The Balaban J connectivity index is 1.74. The highest BCUT2D eigenvalue weighted by atomic mass is 127. The maximum atomic E-state index is 12.9. The zero-order valence-corrected chi connectivity index (χ0v) is 17.3. The molecule has 0 radical (unpaired) electrons. The van der Waals surface area contributed by atoms with Crippen LogP contribution in [0.4, 0.5) is 5.69 Å². The van der Waals surface area contributed by atoms with Crippen LogP contribution in [0.2, 0.25) is 0 Å². The molecule has 0 atom stereocenters. The fourth-order valence-corrected chi connectivity index (χ4v) is 3.58. The van der Waals surface area contributed by atoms with E-state index in [1.165, 1.54) is 5.01 Å². The number of anilines is 1. The number of benzene rings is 2. The third-order valence-corrected chi connectivity index (χ3v) is 5.46. The predicted molar refractivity (Wildman–Crippen MR) is 116 cm³/mol. The molecule has 0 fully saturated rings. The molecule has 3 aromatic rings. The van der Waals surface area contributed by atoms with Crippen molar-refractivity contribution in [2.75, 3.05) is 5.01 Å². The van der Waals surface area contributed by atoms with E-state index in [1.807, 2.05) is 55.5 Å². The van der Waals surface area contributed by atoms with Crippen LogP contribution in [-0.4, -0.2) is 20.8 Å². The van der Waals surface area contributed by atoms with Gasteiger partial charge in [-0.25, -0.2) is 4.79 Å². The highest BCUT2D eigenvalue weighted by Crippen LogP contribution is 2.26. The molecule has 1 aromatic heterocycles. The lowest BCUT2D eigenvalue weighted by Crippen LogP contribution is -2.21. The first-order valence-electron chi connectivity index (χ1n) is 8.39. The number of rotatable bonds is 2. The Morgan fingerprint density at radius 3 is 2.33 bits per heavy atom. The van der Waals surface area contributed by atoms with Crippen molar-refractivity contribution < 1.29 is 4.79 Å². The number of imidazole rings is 1. The van der Waals surface area contributed by atoms with Gasteiger partial charge in [0, 0.05) is 17.7 Å². The summed E-state index contributed by atoms with van der Waals surface area (Å²) in [6.45, 7) is 1.83. The minimum Gasteiger partial charge on any atom is -0.295 e. The number of nitrogens with zero attached hydrogens (tertiary/aromatic N) is 4. The second-order valence-electron chi connectivity index (χ2n) is 6.49. The zero-order valence-electron chi connectivity index (χ0n) is 15.1. The van der Waals surface area contributed by atoms with Gasteiger partial charge in [0.05, 0.1) is 28.0 Å². The maximum absolute atomic E-state index is 12.9. The highest BCUT2D eigenvalue weighted by molar-refractivity contribution is 14.1. The average molecular weight is 472 g/mol. The summed E-state index contributed by atoms with van der Waals surface area (Å²) in [5, 5.41) is 5.84. The number of halogens is 1. The van der Waals surface area contributed by atoms with Crippen LogP contribution < -0.4 is 10.7 Å². The number of carbonyl (C=O) groups excluding carboxylic acids is 1. The van der Waals surface area contributed by atoms with Gasteiger partial charge in [0.2, 0.25) is 0 Å². The Morgan fingerprint density at radius 1 is 0.963 bits per heavy atom. The largest absolute Gasteiger partial charge is 0.328 e. The summed E-state index contributed by atoms with van der Waals surface area (Å²) in [6.07, 6.45) is 1.82. The van der Waals surface area contributed by atoms with Gasteiger partial charge < -0.3 is 0 Å². The number of hydrazone groups is 1. The van der Waals surface area contributed by atoms with Gasteiger partial charge in [-0.3, -0.25) is 13.9 Å². The second-order valence-corrected chi connectivity index (χ2v) is 7.73. The van der Waals surface area contributed by atoms with E-state index < -0.39 is 0 Å². The van der Waals surface area contributed by atoms with Crippen LogP contribution in [0.3, 0.4) is 0 Å². The third-order valence-electron chi connectivity index (χ3n) is 4.74. The zero-order chi connectivity index (χ0) is 19.3. The minimum absolute atomic E-state index is 0.0747. The van der Waals surface area contributed by atoms with E-state index in [4.69, 9.17) is 0 Å². The van der Waals surface area contributed by atoms with Crippen LogP contribution in [0.15, 0.2) is 57.9 Å². The van der Waals surface area contributed by atoms with Crippen LogP contribution in [0.25, 0.3) is 17.1 Å². The Bertz CT molecular complexity index is 1200. The van der Waals surface area contributed by atoms with Gasteiger partial charge in [-0.1, -0.05) is 6.07 Å². The van der Waals surface area contributed by atoms with Crippen molar-refractivity contribution in [3.05, 3.63) is 67.7 Å². The lowest BCUT2D eigenvalue weighted by Gasteiger charge is -2.11. The Hall–Kier alpha value is -2.68. The van der Waals surface area contributed by atoms with E-state index in [0.29, 0.717) is 11.3 Å². The lowest BCUT2D eigenvalue weighted by atomic mass is 10.1. The third kappa shape index (κ3) is 2.91. The molecule has 1 aliphatic rings. The standard InChI is InChI=1S/C20H17IN4O2/c1-12-16(19(26)25(22-12)15-7-5-14(21)6-8-15)10-13-4-9-17-18(11-13)24(3)20(27)23(17)2/h4-11H,1-3H3. The van der Waals surface area contributed by atoms with E-state index in [9.17, 15) is 9.59 Å². The number of carbonyl (C=O) groups is 1. The molecular formula is C20H17IN4O2. The molecule has 0 aliphatic carbocycles. The molecule has 6 nitrogen and oxygen atoms in total. The van der Waals surface area contributed by atoms with Gasteiger partial charge in [0.15, 0.2) is 0 Å². The first kappa shape index (κ1) is 17.7. The fraction of sp³-hybridized carbons (Fsp3) is 0.150. The molecule has 7 heteroatoms. The van der Waals surface area contributed by atoms with Crippen molar-refractivity contribution in [2.45, 2.75) is 6.92 Å². The summed E-state index contributed by atoms with van der Waals surface area (Å²) < 4.78 is 4.31. The maximum Gasteiger partial charge on any atom is 0.328 e. The van der Waals surface area contributed by atoms with Crippen molar-refractivity contribution in [1.82, 2.24) is 9.13 Å². The SMILES string of the molecule is CC1=NN(c2ccc(I)cc2)C(=O)C1=Cc1ccc2c(c1)n(C)c(=O)n2C. The smallest absolute Gasteiger partial charge is 0.295 e. The predicted octanol–water partition coefficient (Wildman–Crippen LogP) is 3.29. The number of hydrogen-bond acceptors (Lipinski definition) is 3. The topological polar surface area (TPSA) is 59.6 Å². The molecule has 1 aliphatic heterocycles. The average Bonchev–Trinajstić information content (AvgIpc) is 3.05. The van der Waals surface area contributed by atoms with E-state index in [1.54, 1.807) is 23.2 Å². The van der Waals surface area contributed by atoms with Crippen molar-refractivity contribution in [1.29, 1.82) is 0 Å². The monoisotopic (exact) mass is 472 g/mol. The number of hydrogen-bond donors (Lipinski definition) is 0. The Labute approximate surface area is 169 Å². The van der Waals surface area contributed by atoms with Crippen LogP contribution in [0, 0.1) is 3.57 Å². The molecule has 0 bridgehead atoms. The Kier molecular flexibility index (Phi) is 4.26. The van der Waals surface area contributed by atoms with Crippen LogP contribution >= 0.6 is 22.6 Å².